The first-order chi connectivity index (χ1) is 7.51. The molecule has 1 heterocycles. The van der Waals surface area contributed by atoms with Gasteiger partial charge in [0.05, 0.1) is 18.5 Å². The predicted octanol–water partition coefficient (Wildman–Crippen LogP) is 1.91. The van der Waals surface area contributed by atoms with Crippen molar-refractivity contribution in [3.8, 4) is 5.88 Å². The molecule has 0 saturated carbocycles. The Bertz CT molecular complexity index is 304. The van der Waals surface area contributed by atoms with Crippen LogP contribution in [0.4, 0.5) is 5.69 Å². The van der Waals surface area contributed by atoms with Crippen LogP contribution in [0.25, 0.3) is 0 Å². The molecule has 90 valence electrons. The van der Waals surface area contributed by atoms with Gasteiger partial charge in [0, 0.05) is 12.6 Å². The number of aliphatic hydroxyl groups excluding tert-OH is 1. The molecule has 0 bridgehead atoms. The van der Waals surface area contributed by atoms with E-state index in [-0.39, 0.29) is 18.6 Å². The van der Waals surface area contributed by atoms with Gasteiger partial charge in [0.2, 0.25) is 5.88 Å². The SMILES string of the molecule is CC(C)(C)CNc1ccc(OCCO)nc1. The molecule has 4 nitrogen and oxygen atoms in total. The summed E-state index contributed by atoms with van der Waals surface area (Å²) in [6.07, 6.45) is 1.73. The molecule has 4 heteroatoms. The lowest BCUT2D eigenvalue weighted by molar-refractivity contribution is 0.196. The molecule has 0 spiro atoms. The highest BCUT2D eigenvalue weighted by molar-refractivity contribution is 5.42. The van der Waals surface area contributed by atoms with Gasteiger partial charge in [-0.25, -0.2) is 4.98 Å². The number of nitrogens with one attached hydrogen (secondary N) is 1. The summed E-state index contributed by atoms with van der Waals surface area (Å²) >= 11 is 0. The van der Waals surface area contributed by atoms with Crippen LogP contribution in [0.2, 0.25) is 0 Å². The van der Waals surface area contributed by atoms with Crippen molar-refractivity contribution in [3.63, 3.8) is 0 Å². The van der Waals surface area contributed by atoms with Crippen molar-refractivity contribution in [2.75, 3.05) is 25.1 Å². The molecule has 1 aromatic heterocycles. The standard InChI is InChI=1S/C12H20N2O2/c1-12(2,3)9-14-10-4-5-11(13-8-10)16-7-6-15/h4-5,8,14-15H,6-7,9H2,1-3H3. The molecular formula is C12H20N2O2. The maximum absolute atomic E-state index is 8.59. The monoisotopic (exact) mass is 224 g/mol. The van der Waals surface area contributed by atoms with Crippen molar-refractivity contribution in [2.24, 2.45) is 5.41 Å². The average Bonchev–Trinajstić information content (AvgIpc) is 2.24. The third-order valence-corrected chi connectivity index (χ3v) is 1.90. The fourth-order valence-electron chi connectivity index (χ4n) is 1.09. The van der Waals surface area contributed by atoms with Gasteiger partial charge in [-0.3, -0.25) is 0 Å². The van der Waals surface area contributed by atoms with Crippen LogP contribution in [0, 0.1) is 5.41 Å². The summed E-state index contributed by atoms with van der Waals surface area (Å²) in [6, 6.07) is 3.71. The fourth-order valence-corrected chi connectivity index (χ4v) is 1.09. The van der Waals surface area contributed by atoms with E-state index in [2.05, 4.69) is 31.1 Å². The van der Waals surface area contributed by atoms with Crippen LogP contribution in [0.1, 0.15) is 20.8 Å². The summed E-state index contributed by atoms with van der Waals surface area (Å²) in [5, 5.41) is 11.9. The van der Waals surface area contributed by atoms with Gasteiger partial charge in [0.1, 0.15) is 6.61 Å². The van der Waals surface area contributed by atoms with Crippen molar-refractivity contribution in [1.82, 2.24) is 4.98 Å². The van der Waals surface area contributed by atoms with Crippen LogP contribution in [0.15, 0.2) is 18.3 Å². The van der Waals surface area contributed by atoms with Crippen molar-refractivity contribution >= 4 is 5.69 Å². The molecule has 2 N–H and O–H groups in total. The molecule has 0 radical (unpaired) electrons. The van der Waals surface area contributed by atoms with Gasteiger partial charge in [-0.1, -0.05) is 20.8 Å². The minimum absolute atomic E-state index is 0.00566. The Morgan fingerprint density at radius 3 is 2.62 bits per heavy atom. The first kappa shape index (κ1) is 12.8. The summed E-state index contributed by atoms with van der Waals surface area (Å²) in [4.78, 5) is 4.12. The smallest absolute Gasteiger partial charge is 0.213 e. The van der Waals surface area contributed by atoms with E-state index in [9.17, 15) is 0 Å². The van der Waals surface area contributed by atoms with Crippen LogP contribution in [0.3, 0.4) is 0 Å². The quantitative estimate of drug-likeness (QED) is 0.802. The number of ether oxygens (including phenoxy) is 1. The summed E-state index contributed by atoms with van der Waals surface area (Å²) in [5.74, 6) is 0.537. The van der Waals surface area contributed by atoms with Crippen LogP contribution in [-0.2, 0) is 0 Å². The van der Waals surface area contributed by atoms with Gasteiger partial charge in [0.25, 0.3) is 0 Å². The van der Waals surface area contributed by atoms with Gasteiger partial charge < -0.3 is 15.2 Å². The third kappa shape index (κ3) is 4.98. The van der Waals surface area contributed by atoms with Crippen LogP contribution in [0.5, 0.6) is 5.88 Å². The van der Waals surface area contributed by atoms with Crippen molar-refractivity contribution in [2.45, 2.75) is 20.8 Å². The lowest BCUT2D eigenvalue weighted by Gasteiger charge is -2.19. The van der Waals surface area contributed by atoms with E-state index in [4.69, 9.17) is 9.84 Å². The van der Waals surface area contributed by atoms with E-state index >= 15 is 0 Å². The molecule has 0 saturated heterocycles. The zero-order valence-electron chi connectivity index (χ0n) is 10.2. The summed E-state index contributed by atoms with van der Waals surface area (Å²) in [5.41, 5.74) is 1.22. The molecule has 0 fully saturated rings. The number of rotatable bonds is 5. The number of nitrogens with zero attached hydrogens (tertiary/aromatic N) is 1. The first-order valence-electron chi connectivity index (χ1n) is 5.45. The second kappa shape index (κ2) is 5.70. The minimum atomic E-state index is 0.00566. The van der Waals surface area contributed by atoms with Crippen LogP contribution >= 0.6 is 0 Å². The van der Waals surface area contributed by atoms with E-state index in [1.165, 1.54) is 0 Å². The Morgan fingerprint density at radius 1 is 1.38 bits per heavy atom. The van der Waals surface area contributed by atoms with Crippen LogP contribution in [-0.4, -0.2) is 29.8 Å². The highest BCUT2D eigenvalue weighted by Gasteiger charge is 2.09. The normalized spacial score (nSPS) is 11.2. The van der Waals surface area contributed by atoms with E-state index in [0.29, 0.717) is 5.88 Å². The maximum Gasteiger partial charge on any atom is 0.213 e. The number of hydrogen-bond acceptors (Lipinski definition) is 4. The predicted molar refractivity (Wildman–Crippen MR) is 64.8 cm³/mol. The lowest BCUT2D eigenvalue weighted by Crippen LogP contribution is -2.19. The Kier molecular flexibility index (Phi) is 4.55. The zero-order valence-corrected chi connectivity index (χ0v) is 10.2. The summed E-state index contributed by atoms with van der Waals surface area (Å²) < 4.78 is 5.17. The van der Waals surface area contributed by atoms with Gasteiger partial charge in [-0.05, 0) is 11.5 Å². The number of pyridine rings is 1. The first-order valence-corrected chi connectivity index (χ1v) is 5.45. The molecule has 0 aliphatic heterocycles. The molecule has 0 amide bonds. The number of aromatic nitrogens is 1. The van der Waals surface area contributed by atoms with E-state index in [1.807, 2.05) is 6.07 Å². The van der Waals surface area contributed by atoms with Crippen LogP contribution < -0.4 is 10.1 Å². The molecule has 0 atom stereocenters. The number of aliphatic hydroxyl groups is 1. The Balaban J connectivity index is 2.45. The zero-order chi connectivity index (χ0) is 12.0. The fraction of sp³-hybridized carbons (Fsp3) is 0.583. The molecule has 0 aliphatic rings. The third-order valence-electron chi connectivity index (χ3n) is 1.90. The summed E-state index contributed by atoms with van der Waals surface area (Å²) in [7, 11) is 0. The lowest BCUT2D eigenvalue weighted by atomic mass is 9.97. The molecule has 0 unspecified atom stereocenters. The van der Waals surface area contributed by atoms with Gasteiger partial charge in [-0.2, -0.15) is 0 Å². The Hall–Kier alpha value is -1.29. The highest BCUT2D eigenvalue weighted by Crippen LogP contribution is 2.16. The Morgan fingerprint density at radius 2 is 2.12 bits per heavy atom. The van der Waals surface area contributed by atoms with E-state index in [0.717, 1.165) is 12.2 Å². The van der Waals surface area contributed by atoms with Crippen molar-refractivity contribution < 1.29 is 9.84 Å². The molecular weight excluding hydrogens is 204 g/mol. The summed E-state index contributed by atoms with van der Waals surface area (Å²) in [6.45, 7) is 7.70. The largest absolute Gasteiger partial charge is 0.475 e. The highest BCUT2D eigenvalue weighted by atomic mass is 16.5. The molecule has 16 heavy (non-hydrogen) atoms. The second-order valence-electron chi connectivity index (χ2n) is 4.87. The van der Waals surface area contributed by atoms with E-state index in [1.54, 1.807) is 12.3 Å². The van der Waals surface area contributed by atoms with Gasteiger partial charge >= 0.3 is 0 Å². The van der Waals surface area contributed by atoms with Crippen molar-refractivity contribution in [3.05, 3.63) is 18.3 Å². The average molecular weight is 224 g/mol. The van der Waals surface area contributed by atoms with Gasteiger partial charge in [0.15, 0.2) is 0 Å². The minimum Gasteiger partial charge on any atom is -0.475 e. The Labute approximate surface area is 96.7 Å². The van der Waals surface area contributed by atoms with E-state index < -0.39 is 0 Å². The number of hydrogen-bond donors (Lipinski definition) is 2. The maximum atomic E-state index is 8.59. The number of anilines is 1. The topological polar surface area (TPSA) is 54.4 Å². The molecule has 0 aliphatic carbocycles. The molecule has 1 aromatic rings. The van der Waals surface area contributed by atoms with Gasteiger partial charge in [-0.15, -0.1) is 0 Å². The van der Waals surface area contributed by atoms with Crippen molar-refractivity contribution in [1.29, 1.82) is 0 Å². The molecule has 0 aromatic carbocycles. The molecule has 1 rings (SSSR count). The second-order valence-corrected chi connectivity index (χ2v) is 4.87.